The van der Waals surface area contributed by atoms with E-state index in [0.717, 1.165) is 35.8 Å². The Morgan fingerprint density at radius 1 is 1.22 bits per heavy atom. The molecule has 4 atom stereocenters. The third kappa shape index (κ3) is 1.50. The third-order valence-corrected chi connectivity index (χ3v) is 5.34. The maximum Gasteiger partial charge on any atom is 0.146 e. The molecule has 3 saturated carbocycles. The van der Waals surface area contributed by atoms with Gasteiger partial charge in [0.25, 0.3) is 0 Å². The first-order valence-corrected chi connectivity index (χ1v) is 7.01. The molecular formula is C15H19FN2. The second-order valence-electron chi connectivity index (χ2n) is 6.25. The number of halogens is 1. The van der Waals surface area contributed by atoms with Gasteiger partial charge in [-0.3, -0.25) is 0 Å². The molecule has 1 aromatic carbocycles. The van der Waals surface area contributed by atoms with Gasteiger partial charge in [-0.25, -0.2) is 4.39 Å². The van der Waals surface area contributed by atoms with Gasteiger partial charge in [0.05, 0.1) is 5.69 Å². The molecule has 0 spiro atoms. The third-order valence-electron chi connectivity index (χ3n) is 5.34. The molecule has 2 nitrogen and oxygen atoms in total. The minimum absolute atomic E-state index is 0.236. The summed E-state index contributed by atoms with van der Waals surface area (Å²) in [6.45, 7) is 0.772. The highest BCUT2D eigenvalue weighted by Gasteiger charge is 2.64. The van der Waals surface area contributed by atoms with Crippen LogP contribution in [-0.4, -0.2) is 6.04 Å². The predicted octanol–water partition coefficient (Wildman–Crippen LogP) is 2.54. The van der Waals surface area contributed by atoms with Gasteiger partial charge in [0, 0.05) is 12.6 Å². The monoisotopic (exact) mass is 246 g/mol. The molecular weight excluding hydrogens is 227 g/mol. The lowest BCUT2D eigenvalue weighted by Crippen LogP contribution is -2.22. The van der Waals surface area contributed by atoms with E-state index in [1.54, 1.807) is 12.1 Å². The Morgan fingerprint density at radius 3 is 2.61 bits per heavy atom. The maximum atomic E-state index is 13.3. The van der Waals surface area contributed by atoms with E-state index in [-0.39, 0.29) is 11.5 Å². The Kier molecular flexibility index (Phi) is 2.22. The summed E-state index contributed by atoms with van der Waals surface area (Å²) in [5.74, 6) is 3.54. The highest BCUT2D eigenvalue weighted by Crippen LogP contribution is 2.65. The van der Waals surface area contributed by atoms with Crippen molar-refractivity contribution in [3.63, 3.8) is 0 Å². The smallest absolute Gasteiger partial charge is 0.146 e. The van der Waals surface area contributed by atoms with E-state index in [1.165, 1.54) is 19.3 Å². The lowest BCUT2D eigenvalue weighted by molar-refractivity contribution is 0.456. The molecule has 3 heteroatoms. The van der Waals surface area contributed by atoms with Crippen LogP contribution in [0.15, 0.2) is 18.2 Å². The van der Waals surface area contributed by atoms with Crippen LogP contribution in [-0.2, 0) is 6.54 Å². The van der Waals surface area contributed by atoms with Crippen molar-refractivity contribution in [3.05, 3.63) is 29.6 Å². The fraction of sp³-hybridized carbons (Fsp3) is 0.600. The molecule has 3 aliphatic rings. The van der Waals surface area contributed by atoms with Crippen molar-refractivity contribution < 1.29 is 4.39 Å². The van der Waals surface area contributed by atoms with Crippen molar-refractivity contribution in [2.75, 3.05) is 5.73 Å². The van der Waals surface area contributed by atoms with Crippen molar-refractivity contribution >= 4 is 5.69 Å². The number of rotatable bonds is 3. The second-order valence-corrected chi connectivity index (χ2v) is 6.25. The van der Waals surface area contributed by atoms with Gasteiger partial charge >= 0.3 is 0 Å². The van der Waals surface area contributed by atoms with Gasteiger partial charge in [0.1, 0.15) is 5.82 Å². The SMILES string of the molecule is Nc1ccc(CNC2C3C4CCC(C4)C23)cc1F. The van der Waals surface area contributed by atoms with E-state index < -0.39 is 0 Å². The highest BCUT2D eigenvalue weighted by molar-refractivity contribution is 5.41. The summed E-state index contributed by atoms with van der Waals surface area (Å²) in [5, 5.41) is 3.61. The number of hydrogen-bond acceptors (Lipinski definition) is 2. The van der Waals surface area contributed by atoms with Crippen LogP contribution in [0.1, 0.15) is 24.8 Å². The standard InChI is InChI=1S/C15H19FN2/c16-11-5-8(1-4-12(11)17)7-18-15-13-9-2-3-10(6-9)14(13)15/h1,4-5,9-10,13-15,18H,2-3,6-7,17H2. The molecule has 96 valence electrons. The fourth-order valence-electron chi connectivity index (χ4n) is 4.51. The van der Waals surface area contributed by atoms with Crippen LogP contribution < -0.4 is 11.1 Å². The molecule has 4 rings (SSSR count). The molecule has 18 heavy (non-hydrogen) atoms. The van der Waals surface area contributed by atoms with Crippen LogP contribution in [0.5, 0.6) is 0 Å². The number of nitrogens with one attached hydrogen (secondary N) is 1. The average molecular weight is 246 g/mol. The minimum Gasteiger partial charge on any atom is -0.396 e. The summed E-state index contributed by atoms with van der Waals surface area (Å²) in [6, 6.07) is 5.83. The zero-order valence-corrected chi connectivity index (χ0v) is 10.4. The number of nitrogens with two attached hydrogens (primary N) is 1. The summed E-state index contributed by atoms with van der Waals surface area (Å²) in [4.78, 5) is 0. The summed E-state index contributed by atoms with van der Waals surface area (Å²) in [6.07, 6.45) is 4.37. The number of benzene rings is 1. The van der Waals surface area contributed by atoms with Crippen molar-refractivity contribution in [2.24, 2.45) is 23.7 Å². The quantitative estimate of drug-likeness (QED) is 0.804. The number of nitrogen functional groups attached to an aromatic ring is 1. The number of hydrogen-bond donors (Lipinski definition) is 2. The van der Waals surface area contributed by atoms with E-state index in [1.807, 2.05) is 6.07 Å². The molecule has 0 radical (unpaired) electrons. The summed E-state index contributed by atoms with van der Waals surface area (Å²) < 4.78 is 13.3. The molecule has 4 unspecified atom stereocenters. The Balaban J connectivity index is 1.39. The Labute approximate surface area is 107 Å². The van der Waals surface area contributed by atoms with Crippen LogP contribution in [0, 0.1) is 29.5 Å². The zero-order valence-electron chi connectivity index (χ0n) is 10.4. The zero-order chi connectivity index (χ0) is 12.3. The first kappa shape index (κ1) is 10.8. The maximum absolute atomic E-state index is 13.3. The lowest BCUT2D eigenvalue weighted by atomic mass is 10.0. The van der Waals surface area contributed by atoms with E-state index in [2.05, 4.69) is 5.32 Å². The van der Waals surface area contributed by atoms with Crippen LogP contribution in [0.4, 0.5) is 10.1 Å². The second kappa shape index (κ2) is 3.70. The number of anilines is 1. The van der Waals surface area contributed by atoms with Crippen LogP contribution >= 0.6 is 0 Å². The van der Waals surface area contributed by atoms with Crippen molar-refractivity contribution in [1.82, 2.24) is 5.32 Å². The summed E-state index contributed by atoms with van der Waals surface area (Å²) >= 11 is 0. The first-order valence-electron chi connectivity index (χ1n) is 7.01. The van der Waals surface area contributed by atoms with E-state index in [0.29, 0.717) is 6.04 Å². The van der Waals surface area contributed by atoms with Gasteiger partial charge in [0.15, 0.2) is 0 Å². The summed E-state index contributed by atoms with van der Waals surface area (Å²) in [5.41, 5.74) is 6.72. The number of fused-ring (bicyclic) bond motifs is 5. The van der Waals surface area contributed by atoms with Crippen molar-refractivity contribution in [3.8, 4) is 0 Å². The molecule has 0 saturated heterocycles. The van der Waals surface area contributed by atoms with Gasteiger partial charge in [-0.2, -0.15) is 0 Å². The summed E-state index contributed by atoms with van der Waals surface area (Å²) in [7, 11) is 0. The van der Waals surface area contributed by atoms with E-state index in [9.17, 15) is 4.39 Å². The van der Waals surface area contributed by atoms with Gasteiger partial charge in [0.2, 0.25) is 0 Å². The molecule has 0 heterocycles. The molecule has 0 aromatic heterocycles. The van der Waals surface area contributed by atoms with Gasteiger partial charge in [-0.15, -0.1) is 0 Å². The van der Waals surface area contributed by atoms with E-state index >= 15 is 0 Å². The molecule has 3 aliphatic carbocycles. The Hall–Kier alpha value is -1.09. The Bertz CT molecular complexity index is 471. The minimum atomic E-state index is -0.301. The molecule has 3 N–H and O–H groups in total. The van der Waals surface area contributed by atoms with Gasteiger partial charge < -0.3 is 11.1 Å². The van der Waals surface area contributed by atoms with Crippen molar-refractivity contribution in [2.45, 2.75) is 31.8 Å². The topological polar surface area (TPSA) is 38.0 Å². The Morgan fingerprint density at radius 2 is 1.94 bits per heavy atom. The van der Waals surface area contributed by atoms with Crippen LogP contribution in [0.2, 0.25) is 0 Å². The predicted molar refractivity (Wildman–Crippen MR) is 69.3 cm³/mol. The normalized spacial score (nSPS) is 39.9. The van der Waals surface area contributed by atoms with E-state index in [4.69, 9.17) is 5.73 Å². The molecule has 2 bridgehead atoms. The van der Waals surface area contributed by atoms with Crippen molar-refractivity contribution in [1.29, 1.82) is 0 Å². The lowest BCUT2D eigenvalue weighted by Gasteiger charge is -2.10. The molecule has 0 amide bonds. The molecule has 1 aromatic rings. The fourth-order valence-corrected chi connectivity index (χ4v) is 4.51. The first-order chi connectivity index (χ1) is 8.74. The molecule has 3 fully saturated rings. The van der Waals surface area contributed by atoms with Gasteiger partial charge in [-0.1, -0.05) is 6.07 Å². The van der Waals surface area contributed by atoms with Gasteiger partial charge in [-0.05, 0) is 60.6 Å². The molecule has 0 aliphatic heterocycles. The average Bonchev–Trinajstić information content (AvgIpc) is 2.76. The highest BCUT2D eigenvalue weighted by atomic mass is 19.1. The van der Waals surface area contributed by atoms with Crippen LogP contribution in [0.25, 0.3) is 0 Å². The largest absolute Gasteiger partial charge is 0.396 e. The van der Waals surface area contributed by atoms with Crippen LogP contribution in [0.3, 0.4) is 0 Å².